The van der Waals surface area contributed by atoms with Crippen molar-refractivity contribution < 1.29 is 37.8 Å². The van der Waals surface area contributed by atoms with Gasteiger partial charge in [-0.15, -0.1) is 0 Å². The lowest BCUT2D eigenvalue weighted by Gasteiger charge is -2.39. The highest BCUT2D eigenvalue weighted by Crippen LogP contribution is 2.48. The van der Waals surface area contributed by atoms with E-state index in [1.54, 1.807) is 42.5 Å². The minimum absolute atomic E-state index is 0.163. The molecule has 1 saturated carbocycles. The molecule has 3 saturated heterocycles. The number of methoxy groups -OCH3 is 1. The van der Waals surface area contributed by atoms with E-state index < -0.39 is 35.0 Å². The summed E-state index contributed by atoms with van der Waals surface area (Å²) in [6, 6.07) is 23.7. The average Bonchev–Trinajstić information content (AvgIpc) is 3.99. The maximum absolute atomic E-state index is 13.4. The minimum Gasteiger partial charge on any atom is -0.495 e. The number of fused-ring (bicyclic) bond motifs is 4. The Morgan fingerprint density at radius 2 is 1.51 bits per heavy atom. The number of pyridine rings is 1. The van der Waals surface area contributed by atoms with Crippen LogP contribution in [0.1, 0.15) is 60.1 Å². The highest BCUT2D eigenvalue weighted by molar-refractivity contribution is 6.17. The highest BCUT2D eigenvalue weighted by atomic mass is 19.1. The summed E-state index contributed by atoms with van der Waals surface area (Å²) in [4.78, 5) is 81.3. The maximum atomic E-state index is 13.4. The molecule has 4 fully saturated rings. The first-order valence-electron chi connectivity index (χ1n) is 24.1. The smallest absolute Gasteiger partial charge is 0.255 e. The van der Waals surface area contributed by atoms with Crippen LogP contribution in [0.2, 0.25) is 0 Å². The topological polar surface area (TPSA) is 182 Å². The standard InChI is InChI=1S/C53H54FN9O7/c1-69-46-27-40-42(55-19-14-45(40)70-38-9-7-36(8-10-38)58-52(68)53(17-18-53)51(67)57-35-5-3-34(54)4-6-35)28-44(46)62-20-15-32(16-21-62)29-60-22-24-61(25-23-60)30-37-26-33-2-11-39-41(48(33)56-37)31-63(50(39)66)43-12-13-47(64)59-49(43)65/h2-11,14,19,26-28,32,43,56H,12-13,15-18,20-25,29-31H2,1H3,(H,57,67)(H,58,68)(H,59,64,65)/t43-/m0/s1. The third kappa shape index (κ3) is 8.90. The fraction of sp³-hybridized carbons (Fsp3) is 0.358. The molecule has 4 aliphatic heterocycles. The summed E-state index contributed by atoms with van der Waals surface area (Å²) in [5.74, 6) is 0.443. The van der Waals surface area contributed by atoms with Gasteiger partial charge in [0.2, 0.25) is 23.6 Å². The molecule has 5 amide bonds. The molecule has 17 heteroatoms. The quantitative estimate of drug-likeness (QED) is 0.0706. The Labute approximate surface area is 403 Å². The molecule has 16 nitrogen and oxygen atoms in total. The van der Waals surface area contributed by atoms with E-state index in [1.165, 1.54) is 24.3 Å². The third-order valence-corrected chi connectivity index (χ3v) is 14.8. The summed E-state index contributed by atoms with van der Waals surface area (Å²) in [5, 5.41) is 9.85. The van der Waals surface area contributed by atoms with Gasteiger partial charge in [0.25, 0.3) is 5.91 Å². The molecule has 6 aromatic rings. The van der Waals surface area contributed by atoms with Crippen molar-refractivity contribution in [2.24, 2.45) is 11.3 Å². The molecule has 2 aromatic heterocycles. The van der Waals surface area contributed by atoms with E-state index in [1.807, 2.05) is 24.3 Å². The average molecular weight is 948 g/mol. The second-order valence-corrected chi connectivity index (χ2v) is 19.2. The number of nitrogens with zero attached hydrogens (tertiary/aromatic N) is 5. The highest BCUT2D eigenvalue weighted by Gasteiger charge is 2.56. The van der Waals surface area contributed by atoms with Crippen LogP contribution in [0.25, 0.3) is 21.8 Å². The van der Waals surface area contributed by atoms with Gasteiger partial charge < -0.3 is 39.8 Å². The molecule has 0 spiro atoms. The SMILES string of the molecule is COc1cc2c(Oc3ccc(NC(=O)C4(C(=O)Nc5ccc(F)cc5)CC4)cc3)ccnc2cc1N1CCC(CN2CCN(Cc3cc4ccc5c(c4[nH]3)CN([C@H]3CCC(=O)NC3=O)C5=O)CC2)CC1. The van der Waals surface area contributed by atoms with Crippen LogP contribution in [0.3, 0.4) is 0 Å². The van der Waals surface area contributed by atoms with Crippen molar-refractivity contribution in [2.75, 3.05) is 68.5 Å². The first kappa shape index (κ1) is 45.1. The summed E-state index contributed by atoms with van der Waals surface area (Å²) >= 11 is 0. The summed E-state index contributed by atoms with van der Waals surface area (Å²) in [6.07, 6.45) is 5.30. The van der Waals surface area contributed by atoms with Gasteiger partial charge in [0.1, 0.15) is 34.5 Å². The number of carbonyl (C=O) groups excluding carboxylic acids is 5. The van der Waals surface area contributed by atoms with E-state index >= 15 is 0 Å². The molecule has 4 N–H and O–H groups in total. The summed E-state index contributed by atoms with van der Waals surface area (Å²) < 4.78 is 25.7. The van der Waals surface area contributed by atoms with Crippen molar-refractivity contribution in [1.82, 2.24) is 30.0 Å². The number of carbonyl (C=O) groups is 5. The van der Waals surface area contributed by atoms with Crippen LogP contribution >= 0.6 is 0 Å². The zero-order chi connectivity index (χ0) is 48.1. The van der Waals surface area contributed by atoms with Crippen LogP contribution in [0, 0.1) is 17.2 Å². The number of aromatic nitrogens is 2. The Kier molecular flexibility index (Phi) is 11.9. The van der Waals surface area contributed by atoms with Gasteiger partial charge in [-0.2, -0.15) is 0 Å². The molecule has 360 valence electrons. The number of halogens is 1. The molecule has 0 bridgehead atoms. The third-order valence-electron chi connectivity index (χ3n) is 14.8. The number of rotatable bonds is 13. The summed E-state index contributed by atoms with van der Waals surface area (Å²) in [7, 11) is 1.68. The van der Waals surface area contributed by atoms with E-state index in [9.17, 15) is 28.4 Å². The normalized spacial score (nSPS) is 19.6. The summed E-state index contributed by atoms with van der Waals surface area (Å²) in [5.41, 5.74) is 5.16. The molecular weight excluding hydrogens is 894 g/mol. The number of H-pyrrole nitrogens is 1. The van der Waals surface area contributed by atoms with Crippen molar-refractivity contribution in [1.29, 1.82) is 0 Å². The van der Waals surface area contributed by atoms with Crippen molar-refractivity contribution in [3.63, 3.8) is 0 Å². The predicted molar refractivity (Wildman–Crippen MR) is 261 cm³/mol. The molecule has 1 atom stereocenters. The lowest BCUT2D eigenvalue weighted by Crippen LogP contribution is -2.52. The minimum atomic E-state index is -1.17. The lowest BCUT2D eigenvalue weighted by atomic mass is 9.95. The Morgan fingerprint density at radius 3 is 2.20 bits per heavy atom. The first-order valence-corrected chi connectivity index (χ1v) is 24.1. The molecular formula is C53H54FN9O7. The van der Waals surface area contributed by atoms with E-state index in [0.29, 0.717) is 60.2 Å². The molecule has 6 heterocycles. The van der Waals surface area contributed by atoms with Crippen LogP contribution < -0.4 is 30.3 Å². The van der Waals surface area contributed by atoms with Gasteiger partial charge in [-0.1, -0.05) is 6.07 Å². The molecule has 0 radical (unpaired) electrons. The second-order valence-electron chi connectivity index (χ2n) is 19.2. The van der Waals surface area contributed by atoms with E-state index in [4.69, 9.17) is 14.5 Å². The number of anilines is 3. The van der Waals surface area contributed by atoms with Gasteiger partial charge in [0.15, 0.2) is 0 Å². The molecule has 11 rings (SSSR count). The number of piperidine rings is 2. The van der Waals surface area contributed by atoms with Gasteiger partial charge in [0.05, 0.1) is 23.8 Å². The van der Waals surface area contributed by atoms with Crippen molar-refractivity contribution in [3.8, 4) is 17.2 Å². The molecule has 1 aliphatic carbocycles. The molecule has 5 aliphatic rings. The lowest BCUT2D eigenvalue weighted by molar-refractivity contribution is -0.137. The molecule has 70 heavy (non-hydrogen) atoms. The van der Waals surface area contributed by atoms with Crippen LogP contribution in [0.15, 0.2) is 91.1 Å². The zero-order valence-corrected chi connectivity index (χ0v) is 38.9. The Morgan fingerprint density at radius 1 is 0.814 bits per heavy atom. The number of nitrogens with one attached hydrogen (secondary N) is 4. The zero-order valence-electron chi connectivity index (χ0n) is 38.9. The number of hydrogen-bond acceptors (Lipinski definition) is 11. The monoisotopic (exact) mass is 947 g/mol. The van der Waals surface area contributed by atoms with Gasteiger partial charge in [-0.05, 0) is 117 Å². The van der Waals surface area contributed by atoms with Gasteiger partial charge in [-0.25, -0.2) is 4.39 Å². The largest absolute Gasteiger partial charge is 0.495 e. The number of ether oxygens (including phenoxy) is 2. The number of aromatic amines is 1. The summed E-state index contributed by atoms with van der Waals surface area (Å²) in [6.45, 7) is 7.96. The molecule has 0 unspecified atom stereocenters. The number of piperazine rings is 1. The van der Waals surface area contributed by atoms with Crippen molar-refractivity contribution >= 4 is 68.4 Å². The van der Waals surface area contributed by atoms with Crippen molar-refractivity contribution in [2.45, 2.75) is 57.7 Å². The fourth-order valence-corrected chi connectivity index (χ4v) is 10.6. The number of amides is 5. The number of hydrogen-bond donors (Lipinski definition) is 4. The van der Waals surface area contributed by atoms with E-state index in [-0.39, 0.29) is 18.2 Å². The van der Waals surface area contributed by atoms with Crippen molar-refractivity contribution in [3.05, 3.63) is 114 Å². The van der Waals surface area contributed by atoms with E-state index in [2.05, 4.69) is 47.8 Å². The number of benzene rings is 4. The Bertz CT molecular complexity index is 3030. The van der Waals surface area contributed by atoms with Crippen LogP contribution in [-0.2, 0) is 32.3 Å². The van der Waals surface area contributed by atoms with Gasteiger partial charge >= 0.3 is 0 Å². The fourth-order valence-electron chi connectivity index (χ4n) is 10.6. The van der Waals surface area contributed by atoms with E-state index in [0.717, 1.165) is 110 Å². The maximum Gasteiger partial charge on any atom is 0.255 e. The van der Waals surface area contributed by atoms with Crippen LogP contribution in [0.5, 0.6) is 17.2 Å². The first-order chi connectivity index (χ1) is 34.0. The second kappa shape index (κ2) is 18.5. The van der Waals surface area contributed by atoms with Crippen LogP contribution in [-0.4, -0.2) is 113 Å². The van der Waals surface area contributed by atoms with Gasteiger partial charge in [-0.3, -0.25) is 39.2 Å². The predicted octanol–water partition coefficient (Wildman–Crippen LogP) is 6.81. The van der Waals surface area contributed by atoms with Gasteiger partial charge in [0, 0.05) is 110 Å². The Hall–Kier alpha value is -7.37. The van der Waals surface area contributed by atoms with Crippen LogP contribution in [0.4, 0.5) is 21.5 Å². The molecule has 4 aromatic carbocycles. The number of imide groups is 1. The Balaban J connectivity index is 0.659.